The monoisotopic (exact) mass is 468 g/mol. The molecule has 5 nitrogen and oxygen atoms in total. The second-order valence-electron chi connectivity index (χ2n) is 10.5. The lowest BCUT2D eigenvalue weighted by Gasteiger charge is -2.39. The molecule has 0 spiro atoms. The van der Waals surface area contributed by atoms with Gasteiger partial charge >= 0.3 is 0 Å². The Bertz CT molecular complexity index is 1030. The molecule has 1 N–H and O–H groups in total. The fourth-order valence-electron chi connectivity index (χ4n) is 6.62. The molecule has 4 unspecified atom stereocenters. The van der Waals surface area contributed by atoms with Gasteiger partial charge in [-0.2, -0.15) is 5.26 Å². The highest BCUT2D eigenvalue weighted by molar-refractivity contribution is 5.97. The molecule has 1 heterocycles. The van der Waals surface area contributed by atoms with Gasteiger partial charge in [-0.05, 0) is 55.1 Å². The molecule has 1 amide bonds. The molecule has 2 bridgehead atoms. The third kappa shape index (κ3) is 5.13. The van der Waals surface area contributed by atoms with Gasteiger partial charge in [-0.25, -0.2) is 0 Å². The summed E-state index contributed by atoms with van der Waals surface area (Å²) in [6, 6.07) is 23.7. The summed E-state index contributed by atoms with van der Waals surface area (Å²) in [5.41, 5.74) is 2.74. The summed E-state index contributed by atoms with van der Waals surface area (Å²) in [4.78, 5) is 17.5. The van der Waals surface area contributed by atoms with E-state index in [1.54, 1.807) is 6.20 Å². The van der Waals surface area contributed by atoms with E-state index in [0.29, 0.717) is 25.0 Å². The van der Waals surface area contributed by atoms with Crippen molar-refractivity contribution in [3.8, 4) is 6.07 Å². The van der Waals surface area contributed by atoms with Crippen LogP contribution in [-0.2, 0) is 4.79 Å². The third-order valence-corrected chi connectivity index (χ3v) is 8.47. The van der Waals surface area contributed by atoms with Crippen LogP contribution in [0.25, 0.3) is 0 Å². The number of piperazine rings is 1. The fraction of sp³-hybridized carbons (Fsp3) is 0.467. The maximum Gasteiger partial charge on any atom is 0.266 e. The zero-order valence-corrected chi connectivity index (χ0v) is 20.6. The minimum atomic E-state index is -0.157. The number of nitriles is 1. The summed E-state index contributed by atoms with van der Waals surface area (Å²) in [6.07, 6.45) is 7.05. The lowest BCUT2D eigenvalue weighted by molar-refractivity contribution is -0.128. The van der Waals surface area contributed by atoms with Crippen molar-refractivity contribution in [1.29, 1.82) is 5.26 Å². The Morgan fingerprint density at radius 1 is 0.971 bits per heavy atom. The molecule has 182 valence electrons. The van der Waals surface area contributed by atoms with Gasteiger partial charge in [-0.15, -0.1) is 0 Å². The first-order valence-electron chi connectivity index (χ1n) is 13.1. The first kappa shape index (κ1) is 23.6. The van der Waals surface area contributed by atoms with Gasteiger partial charge in [0, 0.05) is 38.4 Å². The van der Waals surface area contributed by atoms with E-state index >= 15 is 0 Å². The Morgan fingerprint density at radius 3 is 2.11 bits per heavy atom. The maximum atomic E-state index is 13.2. The Labute approximate surface area is 209 Å². The number of fused-ring (bicyclic) bond motifs is 2. The van der Waals surface area contributed by atoms with Crippen molar-refractivity contribution < 1.29 is 4.79 Å². The Morgan fingerprint density at radius 2 is 1.60 bits per heavy atom. The van der Waals surface area contributed by atoms with Gasteiger partial charge in [0.1, 0.15) is 11.6 Å². The van der Waals surface area contributed by atoms with Crippen LogP contribution in [0.15, 0.2) is 72.4 Å². The van der Waals surface area contributed by atoms with E-state index in [4.69, 9.17) is 0 Å². The van der Waals surface area contributed by atoms with E-state index in [2.05, 4.69) is 71.7 Å². The van der Waals surface area contributed by atoms with Crippen LogP contribution in [0.2, 0.25) is 0 Å². The molecule has 4 atom stereocenters. The maximum absolute atomic E-state index is 13.2. The van der Waals surface area contributed by atoms with Gasteiger partial charge in [0.25, 0.3) is 5.91 Å². The van der Waals surface area contributed by atoms with E-state index in [-0.39, 0.29) is 17.5 Å². The summed E-state index contributed by atoms with van der Waals surface area (Å²) >= 11 is 0. The number of carbonyl (C=O) groups is 1. The molecule has 35 heavy (non-hydrogen) atoms. The summed E-state index contributed by atoms with van der Waals surface area (Å²) in [6.45, 7) is 4.99. The third-order valence-electron chi connectivity index (χ3n) is 8.47. The summed E-state index contributed by atoms with van der Waals surface area (Å²) in [7, 11) is 0. The van der Waals surface area contributed by atoms with E-state index in [0.717, 1.165) is 24.9 Å². The molecule has 5 heteroatoms. The van der Waals surface area contributed by atoms with Crippen molar-refractivity contribution >= 4 is 5.91 Å². The predicted octanol–water partition coefficient (Wildman–Crippen LogP) is 4.74. The molecule has 0 aromatic heterocycles. The van der Waals surface area contributed by atoms with E-state index in [9.17, 15) is 10.1 Å². The first-order valence-corrected chi connectivity index (χ1v) is 13.1. The van der Waals surface area contributed by atoms with Gasteiger partial charge in [-0.1, -0.05) is 67.1 Å². The van der Waals surface area contributed by atoms with Crippen LogP contribution in [0.5, 0.6) is 0 Å². The van der Waals surface area contributed by atoms with Crippen LogP contribution in [0.4, 0.5) is 0 Å². The van der Waals surface area contributed by atoms with E-state index < -0.39 is 0 Å². The number of benzene rings is 2. The van der Waals surface area contributed by atoms with Crippen LogP contribution in [0, 0.1) is 29.1 Å². The SMILES string of the molecule is CC(N/C=C(/C#N)C(=O)N1CCN(C(c2ccccc2)c2ccccc2)CC1)C1CC2CCC1C2. The number of hydrogen-bond donors (Lipinski definition) is 1. The summed E-state index contributed by atoms with van der Waals surface area (Å²) < 4.78 is 0. The fourth-order valence-corrected chi connectivity index (χ4v) is 6.62. The van der Waals surface area contributed by atoms with Crippen LogP contribution < -0.4 is 5.32 Å². The van der Waals surface area contributed by atoms with E-state index in [1.807, 2.05) is 17.0 Å². The number of rotatable bonds is 7. The molecule has 1 saturated heterocycles. The van der Waals surface area contributed by atoms with Crippen LogP contribution in [0.1, 0.15) is 49.8 Å². The first-order chi connectivity index (χ1) is 17.1. The quantitative estimate of drug-likeness (QED) is 0.471. The Hall–Kier alpha value is -3.10. The van der Waals surface area contributed by atoms with Gasteiger partial charge in [0.15, 0.2) is 0 Å². The predicted molar refractivity (Wildman–Crippen MR) is 138 cm³/mol. The zero-order valence-electron chi connectivity index (χ0n) is 20.6. The molecular weight excluding hydrogens is 432 g/mol. The molecule has 0 radical (unpaired) electrons. The highest BCUT2D eigenvalue weighted by Gasteiger charge is 2.41. The average molecular weight is 469 g/mol. The molecule has 3 fully saturated rings. The lowest BCUT2D eigenvalue weighted by atomic mass is 9.84. The standard InChI is InChI=1S/C30H36N4O/c1-22(28-19-23-12-13-26(28)18-23)32-21-27(20-31)30(35)34-16-14-33(15-17-34)29(24-8-4-2-5-9-24)25-10-6-3-7-11-25/h2-11,21-23,26,28-29,32H,12-19H2,1H3/b27-21-. The van der Waals surface area contributed by atoms with Gasteiger partial charge < -0.3 is 10.2 Å². The molecule has 5 rings (SSSR count). The van der Waals surface area contributed by atoms with Crippen molar-refractivity contribution in [1.82, 2.24) is 15.1 Å². The van der Waals surface area contributed by atoms with Crippen LogP contribution >= 0.6 is 0 Å². The van der Waals surface area contributed by atoms with Gasteiger partial charge in [-0.3, -0.25) is 9.69 Å². The smallest absolute Gasteiger partial charge is 0.266 e. The molecular formula is C30H36N4O. The molecule has 2 saturated carbocycles. The van der Waals surface area contributed by atoms with Crippen molar-refractivity contribution in [2.75, 3.05) is 26.2 Å². The minimum absolute atomic E-state index is 0.157. The zero-order chi connectivity index (χ0) is 24.2. The number of carbonyl (C=O) groups excluding carboxylic acids is 1. The average Bonchev–Trinajstić information content (AvgIpc) is 3.55. The molecule has 3 aliphatic rings. The number of nitrogens with zero attached hydrogens (tertiary/aromatic N) is 3. The highest BCUT2D eigenvalue weighted by Crippen LogP contribution is 2.49. The number of hydrogen-bond acceptors (Lipinski definition) is 4. The van der Waals surface area contributed by atoms with Gasteiger partial charge in [0.2, 0.25) is 0 Å². The second-order valence-corrected chi connectivity index (χ2v) is 10.5. The van der Waals surface area contributed by atoms with Crippen molar-refractivity contribution in [3.05, 3.63) is 83.6 Å². The van der Waals surface area contributed by atoms with Crippen LogP contribution in [-0.4, -0.2) is 47.9 Å². The van der Waals surface area contributed by atoms with Crippen LogP contribution in [0.3, 0.4) is 0 Å². The topological polar surface area (TPSA) is 59.4 Å². The number of nitrogens with one attached hydrogen (secondary N) is 1. The van der Waals surface area contributed by atoms with Crippen molar-refractivity contribution in [2.24, 2.45) is 17.8 Å². The number of amides is 1. The summed E-state index contributed by atoms with van der Waals surface area (Å²) in [5.74, 6) is 2.21. The highest BCUT2D eigenvalue weighted by atomic mass is 16.2. The van der Waals surface area contributed by atoms with E-state index in [1.165, 1.54) is 36.8 Å². The summed E-state index contributed by atoms with van der Waals surface area (Å²) in [5, 5.41) is 13.1. The molecule has 2 aliphatic carbocycles. The Balaban J connectivity index is 1.22. The normalized spacial score (nSPS) is 25.5. The van der Waals surface area contributed by atoms with Gasteiger partial charge in [0.05, 0.1) is 6.04 Å². The largest absolute Gasteiger partial charge is 0.387 e. The lowest BCUT2D eigenvalue weighted by Crippen LogP contribution is -2.50. The van der Waals surface area contributed by atoms with Crippen molar-refractivity contribution in [2.45, 2.75) is 44.7 Å². The Kier molecular flexibility index (Phi) is 7.20. The second kappa shape index (κ2) is 10.7. The minimum Gasteiger partial charge on any atom is -0.387 e. The van der Waals surface area contributed by atoms with Crippen molar-refractivity contribution in [3.63, 3.8) is 0 Å². The molecule has 1 aliphatic heterocycles. The molecule has 2 aromatic rings. The molecule has 2 aromatic carbocycles.